The maximum atomic E-state index is 11.9. The van der Waals surface area contributed by atoms with Crippen LogP contribution in [0.2, 0.25) is 0 Å². The van der Waals surface area contributed by atoms with E-state index in [1.54, 1.807) is 6.26 Å². The molecule has 22 heavy (non-hydrogen) atoms. The predicted octanol–water partition coefficient (Wildman–Crippen LogP) is 2.39. The Kier molecular flexibility index (Phi) is 5.61. The monoisotopic (exact) mass is 302 g/mol. The van der Waals surface area contributed by atoms with Crippen LogP contribution in [0.5, 0.6) is 5.75 Å². The van der Waals surface area contributed by atoms with Crippen molar-refractivity contribution in [3.63, 3.8) is 0 Å². The maximum Gasteiger partial charge on any atom is 0.258 e. The molecule has 0 spiro atoms. The van der Waals surface area contributed by atoms with Crippen molar-refractivity contribution in [2.24, 2.45) is 0 Å². The molecule has 2 rings (SSSR count). The number of amides is 1. The summed E-state index contributed by atoms with van der Waals surface area (Å²) >= 11 is 0. The van der Waals surface area contributed by atoms with Crippen molar-refractivity contribution in [1.29, 1.82) is 0 Å². The number of carbonyl (C=O) groups is 1. The van der Waals surface area contributed by atoms with Crippen LogP contribution in [0.3, 0.4) is 0 Å². The Morgan fingerprint density at radius 2 is 2.14 bits per heavy atom. The number of aryl methyl sites for hydroxylation is 1. The number of furan rings is 1. The first-order chi connectivity index (χ1) is 10.6. The van der Waals surface area contributed by atoms with Gasteiger partial charge in [-0.05, 0) is 50.8 Å². The zero-order chi connectivity index (χ0) is 15.9. The van der Waals surface area contributed by atoms with E-state index >= 15 is 0 Å². The molecular weight excluding hydrogens is 280 g/mol. The molecule has 0 radical (unpaired) electrons. The average molecular weight is 302 g/mol. The largest absolute Gasteiger partial charge is 0.484 e. The van der Waals surface area contributed by atoms with Gasteiger partial charge in [-0.25, -0.2) is 0 Å². The van der Waals surface area contributed by atoms with Crippen LogP contribution in [-0.2, 0) is 4.79 Å². The van der Waals surface area contributed by atoms with Crippen LogP contribution in [0.15, 0.2) is 47.1 Å². The maximum absolute atomic E-state index is 11.9. The second kappa shape index (κ2) is 7.66. The number of likely N-dealkylation sites (N-methyl/N-ethyl adjacent to an activating group) is 1. The van der Waals surface area contributed by atoms with Crippen LogP contribution in [0.25, 0.3) is 0 Å². The Labute approximate surface area is 130 Å². The van der Waals surface area contributed by atoms with Crippen molar-refractivity contribution >= 4 is 5.91 Å². The van der Waals surface area contributed by atoms with Crippen LogP contribution in [0.1, 0.15) is 17.4 Å². The van der Waals surface area contributed by atoms with E-state index in [4.69, 9.17) is 9.15 Å². The van der Waals surface area contributed by atoms with Gasteiger partial charge >= 0.3 is 0 Å². The van der Waals surface area contributed by atoms with Gasteiger partial charge in [-0.15, -0.1) is 0 Å². The molecule has 0 aliphatic rings. The van der Waals surface area contributed by atoms with Gasteiger partial charge in [0, 0.05) is 6.54 Å². The fraction of sp³-hybridized carbons (Fsp3) is 0.353. The van der Waals surface area contributed by atoms with Crippen LogP contribution >= 0.6 is 0 Å². The van der Waals surface area contributed by atoms with E-state index in [9.17, 15) is 4.79 Å². The summed E-state index contributed by atoms with van der Waals surface area (Å²) < 4.78 is 10.9. The number of nitrogens with one attached hydrogen (secondary N) is 1. The molecule has 1 atom stereocenters. The van der Waals surface area contributed by atoms with Gasteiger partial charge in [-0.1, -0.05) is 12.1 Å². The summed E-state index contributed by atoms with van der Waals surface area (Å²) in [7, 11) is 3.89. The predicted molar refractivity (Wildman–Crippen MR) is 84.8 cm³/mol. The van der Waals surface area contributed by atoms with Crippen molar-refractivity contribution < 1.29 is 13.9 Å². The van der Waals surface area contributed by atoms with Crippen molar-refractivity contribution in [1.82, 2.24) is 10.2 Å². The van der Waals surface area contributed by atoms with E-state index in [0.717, 1.165) is 11.3 Å². The topological polar surface area (TPSA) is 54.7 Å². The van der Waals surface area contributed by atoms with Crippen LogP contribution in [-0.4, -0.2) is 38.1 Å². The third kappa shape index (κ3) is 4.63. The summed E-state index contributed by atoms with van der Waals surface area (Å²) in [4.78, 5) is 13.9. The molecule has 5 heteroatoms. The van der Waals surface area contributed by atoms with E-state index in [1.165, 1.54) is 0 Å². The summed E-state index contributed by atoms with van der Waals surface area (Å²) in [6.45, 7) is 2.45. The zero-order valence-corrected chi connectivity index (χ0v) is 13.2. The standard InChI is InChI=1S/C17H22N2O3/c1-13-6-4-7-14(10-13)22-12-17(20)18-11-15(19(2)3)16-8-5-9-21-16/h4-10,15H,11-12H2,1-3H3,(H,18,20). The first-order valence-corrected chi connectivity index (χ1v) is 7.22. The third-order valence-electron chi connectivity index (χ3n) is 3.35. The van der Waals surface area contributed by atoms with Gasteiger partial charge in [0.25, 0.3) is 5.91 Å². The Balaban J connectivity index is 1.81. The average Bonchev–Trinajstić information content (AvgIpc) is 2.99. The summed E-state index contributed by atoms with van der Waals surface area (Å²) in [5.74, 6) is 1.37. The molecule has 0 saturated carbocycles. The number of hydrogen-bond donors (Lipinski definition) is 1. The summed E-state index contributed by atoms with van der Waals surface area (Å²) in [5, 5.41) is 2.87. The highest BCUT2D eigenvalue weighted by Gasteiger charge is 2.17. The number of carbonyl (C=O) groups excluding carboxylic acids is 1. The molecule has 0 saturated heterocycles. The highest BCUT2D eigenvalue weighted by molar-refractivity contribution is 5.77. The van der Waals surface area contributed by atoms with Gasteiger partial charge in [0.05, 0.1) is 12.3 Å². The zero-order valence-electron chi connectivity index (χ0n) is 13.2. The smallest absolute Gasteiger partial charge is 0.258 e. The quantitative estimate of drug-likeness (QED) is 0.853. The fourth-order valence-electron chi connectivity index (χ4n) is 2.13. The highest BCUT2D eigenvalue weighted by atomic mass is 16.5. The summed E-state index contributed by atoms with van der Waals surface area (Å²) in [6.07, 6.45) is 1.63. The number of benzene rings is 1. The van der Waals surface area contributed by atoms with Crippen molar-refractivity contribution in [2.75, 3.05) is 27.2 Å². The van der Waals surface area contributed by atoms with Crippen LogP contribution in [0, 0.1) is 6.92 Å². The molecule has 5 nitrogen and oxygen atoms in total. The number of rotatable bonds is 7. The lowest BCUT2D eigenvalue weighted by atomic mass is 10.2. The van der Waals surface area contributed by atoms with E-state index in [1.807, 2.05) is 62.3 Å². The molecule has 0 bridgehead atoms. The molecular formula is C17H22N2O3. The van der Waals surface area contributed by atoms with E-state index in [-0.39, 0.29) is 18.6 Å². The molecule has 0 fully saturated rings. The van der Waals surface area contributed by atoms with Crippen LogP contribution in [0.4, 0.5) is 0 Å². The Morgan fingerprint density at radius 3 is 2.77 bits per heavy atom. The van der Waals surface area contributed by atoms with Gasteiger partial charge in [-0.2, -0.15) is 0 Å². The minimum atomic E-state index is -0.153. The minimum Gasteiger partial charge on any atom is -0.484 e. The van der Waals surface area contributed by atoms with Gasteiger partial charge in [0.1, 0.15) is 11.5 Å². The Morgan fingerprint density at radius 1 is 1.32 bits per heavy atom. The molecule has 1 amide bonds. The summed E-state index contributed by atoms with van der Waals surface area (Å²) in [5.41, 5.74) is 1.10. The number of nitrogens with zero attached hydrogens (tertiary/aromatic N) is 1. The fourth-order valence-corrected chi connectivity index (χ4v) is 2.13. The highest BCUT2D eigenvalue weighted by Crippen LogP contribution is 2.17. The Hall–Kier alpha value is -2.27. The van der Waals surface area contributed by atoms with Crippen molar-refractivity contribution in [3.8, 4) is 5.75 Å². The summed E-state index contributed by atoms with van der Waals surface area (Å²) in [6, 6.07) is 11.4. The molecule has 1 unspecified atom stereocenters. The first kappa shape index (κ1) is 16.1. The molecule has 1 aromatic heterocycles. The SMILES string of the molecule is Cc1cccc(OCC(=O)NCC(c2ccco2)N(C)C)c1. The molecule has 2 aromatic rings. The lowest BCUT2D eigenvalue weighted by Gasteiger charge is -2.22. The first-order valence-electron chi connectivity index (χ1n) is 7.22. The lowest BCUT2D eigenvalue weighted by molar-refractivity contribution is -0.123. The second-order valence-corrected chi connectivity index (χ2v) is 5.40. The van der Waals surface area contributed by atoms with Crippen molar-refractivity contribution in [3.05, 3.63) is 54.0 Å². The van der Waals surface area contributed by atoms with Gasteiger partial charge in [-0.3, -0.25) is 9.69 Å². The molecule has 118 valence electrons. The lowest BCUT2D eigenvalue weighted by Crippen LogP contribution is -2.36. The number of ether oxygens (including phenoxy) is 1. The van der Waals surface area contributed by atoms with E-state index in [0.29, 0.717) is 12.3 Å². The molecule has 0 aliphatic heterocycles. The second-order valence-electron chi connectivity index (χ2n) is 5.40. The van der Waals surface area contributed by atoms with Gasteiger partial charge < -0.3 is 14.5 Å². The molecule has 0 aliphatic carbocycles. The van der Waals surface area contributed by atoms with E-state index in [2.05, 4.69) is 5.32 Å². The molecule has 1 aromatic carbocycles. The van der Waals surface area contributed by atoms with Gasteiger partial charge in [0.2, 0.25) is 0 Å². The Bertz CT molecular complexity index is 594. The minimum absolute atomic E-state index is 0.00174. The normalized spacial score (nSPS) is 12.2. The van der Waals surface area contributed by atoms with E-state index < -0.39 is 0 Å². The molecule has 1 heterocycles. The van der Waals surface area contributed by atoms with Crippen molar-refractivity contribution in [2.45, 2.75) is 13.0 Å². The van der Waals surface area contributed by atoms with Gasteiger partial charge in [0.15, 0.2) is 6.61 Å². The number of hydrogen-bond acceptors (Lipinski definition) is 4. The van der Waals surface area contributed by atoms with Crippen LogP contribution < -0.4 is 10.1 Å². The third-order valence-corrected chi connectivity index (χ3v) is 3.35. The molecule has 1 N–H and O–H groups in total.